The number of tetrazole rings is 1. The second-order valence-corrected chi connectivity index (χ2v) is 5.55. The lowest BCUT2D eigenvalue weighted by Gasteiger charge is -2.09. The number of halogens is 1. The van der Waals surface area contributed by atoms with Crippen LogP contribution in [0.1, 0.15) is 23.8 Å². The van der Waals surface area contributed by atoms with E-state index in [4.69, 9.17) is 0 Å². The third kappa shape index (κ3) is 3.49. The van der Waals surface area contributed by atoms with E-state index in [-0.39, 0.29) is 11.6 Å². The van der Waals surface area contributed by atoms with Gasteiger partial charge in [-0.25, -0.2) is 23.1 Å². The number of hydrogen-bond acceptors (Lipinski definition) is 7. The van der Waals surface area contributed by atoms with Gasteiger partial charge in [-0.1, -0.05) is 12.0 Å². The van der Waals surface area contributed by atoms with E-state index >= 15 is 0 Å². The Morgan fingerprint density at radius 3 is 2.59 bits per heavy atom. The van der Waals surface area contributed by atoms with Gasteiger partial charge in [0.1, 0.15) is 5.82 Å². The Morgan fingerprint density at radius 2 is 1.93 bits per heavy atom. The Bertz CT molecular complexity index is 1100. The smallest absolute Gasteiger partial charge is 0.288 e. The Kier molecular flexibility index (Phi) is 4.88. The Morgan fingerprint density at radius 1 is 1.22 bits per heavy atom. The maximum absolute atomic E-state index is 13.1. The second-order valence-electron chi connectivity index (χ2n) is 5.55. The van der Waals surface area contributed by atoms with Gasteiger partial charge in [0.15, 0.2) is 0 Å². The van der Waals surface area contributed by atoms with Gasteiger partial charge in [0.05, 0.1) is 5.69 Å². The normalized spacial score (nSPS) is 10.8. The fraction of sp³-hybridized carbons (Fsp3) is 0.267. The summed E-state index contributed by atoms with van der Waals surface area (Å²) in [5.41, 5.74) is -2.16. The highest BCUT2D eigenvalue weighted by atomic mass is 19.1. The van der Waals surface area contributed by atoms with Gasteiger partial charge in [-0.3, -0.25) is 14.9 Å². The number of hydrogen-bond donors (Lipinski definition) is 1. The van der Waals surface area contributed by atoms with Crippen molar-refractivity contribution in [1.29, 1.82) is 0 Å². The number of nitrogens with one attached hydrogen (secondary N) is 1. The van der Waals surface area contributed by atoms with Crippen molar-refractivity contribution >= 4 is 11.9 Å². The molecular weight excluding hydrogens is 359 g/mol. The molecule has 1 aromatic carbocycles. The van der Waals surface area contributed by atoms with Crippen molar-refractivity contribution in [2.75, 3.05) is 5.32 Å². The molecule has 2 aromatic heterocycles. The molecule has 0 aliphatic heterocycles. The van der Waals surface area contributed by atoms with E-state index < -0.39 is 28.7 Å². The van der Waals surface area contributed by atoms with E-state index in [0.717, 1.165) is 27.8 Å². The van der Waals surface area contributed by atoms with Crippen molar-refractivity contribution in [3.05, 3.63) is 56.6 Å². The standard InChI is InChI=1S/C15H15FN8O3/c1-3-8-23-14(18-20-21-23)17-12(25)11-13(26)24(15(27)22(2)19-11)10-6-4-9(16)5-7-10/h4-7H,3,8H2,1-2H3,(H,17,18,21,25). The fourth-order valence-corrected chi connectivity index (χ4v) is 2.35. The lowest BCUT2D eigenvalue weighted by Crippen LogP contribution is -2.43. The summed E-state index contributed by atoms with van der Waals surface area (Å²) in [6.07, 6.45) is 0.726. The first-order chi connectivity index (χ1) is 12.9. The van der Waals surface area contributed by atoms with E-state index in [1.807, 2.05) is 6.92 Å². The van der Waals surface area contributed by atoms with Gasteiger partial charge in [-0.15, -0.1) is 0 Å². The van der Waals surface area contributed by atoms with E-state index in [1.54, 1.807) is 0 Å². The predicted molar refractivity (Wildman–Crippen MR) is 91.1 cm³/mol. The van der Waals surface area contributed by atoms with E-state index in [0.29, 0.717) is 6.54 Å². The SMILES string of the molecule is CCCn1nnnc1NC(=O)c1nn(C)c(=O)n(-c2ccc(F)cc2)c1=O. The number of anilines is 1. The number of aromatic nitrogens is 7. The molecule has 12 heteroatoms. The Labute approximate surface area is 151 Å². The zero-order valence-corrected chi connectivity index (χ0v) is 14.5. The van der Waals surface area contributed by atoms with Crippen molar-refractivity contribution in [2.45, 2.75) is 19.9 Å². The van der Waals surface area contributed by atoms with Crippen LogP contribution in [0.2, 0.25) is 0 Å². The number of aryl methyl sites for hydroxylation is 2. The van der Waals surface area contributed by atoms with Gasteiger partial charge >= 0.3 is 5.69 Å². The molecule has 0 spiro atoms. The van der Waals surface area contributed by atoms with Crippen LogP contribution in [0.3, 0.4) is 0 Å². The zero-order chi connectivity index (χ0) is 19.6. The number of benzene rings is 1. The van der Waals surface area contributed by atoms with Crippen LogP contribution < -0.4 is 16.6 Å². The highest BCUT2D eigenvalue weighted by molar-refractivity contribution is 6.01. The van der Waals surface area contributed by atoms with Crippen LogP contribution in [0.5, 0.6) is 0 Å². The summed E-state index contributed by atoms with van der Waals surface area (Å²) in [5.74, 6) is -1.36. The summed E-state index contributed by atoms with van der Waals surface area (Å²) in [6, 6.07) is 4.70. The van der Waals surface area contributed by atoms with Crippen LogP contribution in [0.4, 0.5) is 10.3 Å². The third-order valence-corrected chi connectivity index (χ3v) is 3.62. The average molecular weight is 374 g/mol. The predicted octanol–water partition coefficient (Wildman–Crippen LogP) is -0.281. The van der Waals surface area contributed by atoms with Gasteiger partial charge in [0.25, 0.3) is 11.5 Å². The first-order valence-electron chi connectivity index (χ1n) is 7.96. The minimum absolute atomic E-state index is 0.0465. The average Bonchev–Trinajstić information content (AvgIpc) is 3.07. The second kappa shape index (κ2) is 7.27. The van der Waals surface area contributed by atoms with E-state index in [2.05, 4.69) is 25.9 Å². The molecule has 2 heterocycles. The number of carbonyl (C=O) groups is 1. The summed E-state index contributed by atoms with van der Waals surface area (Å²) >= 11 is 0. The van der Waals surface area contributed by atoms with E-state index in [9.17, 15) is 18.8 Å². The molecule has 0 bridgehead atoms. The van der Waals surface area contributed by atoms with Gasteiger partial charge < -0.3 is 0 Å². The number of nitrogens with zero attached hydrogens (tertiary/aromatic N) is 7. The molecular formula is C15H15FN8O3. The molecule has 3 aromatic rings. The molecule has 3 rings (SSSR count). The summed E-state index contributed by atoms with van der Waals surface area (Å²) in [4.78, 5) is 37.5. The van der Waals surface area contributed by atoms with Crippen molar-refractivity contribution in [2.24, 2.45) is 7.05 Å². The molecule has 1 amide bonds. The zero-order valence-electron chi connectivity index (χ0n) is 14.5. The van der Waals surface area contributed by atoms with Crippen LogP contribution in [0, 0.1) is 5.82 Å². The van der Waals surface area contributed by atoms with Crippen LogP contribution in [-0.4, -0.2) is 40.5 Å². The fourth-order valence-electron chi connectivity index (χ4n) is 2.35. The Balaban J connectivity index is 2.05. The molecule has 0 unspecified atom stereocenters. The molecule has 0 atom stereocenters. The minimum atomic E-state index is -0.947. The maximum atomic E-state index is 13.1. The van der Waals surface area contributed by atoms with Crippen molar-refractivity contribution in [3.8, 4) is 5.69 Å². The van der Waals surface area contributed by atoms with Crippen molar-refractivity contribution in [3.63, 3.8) is 0 Å². The molecule has 140 valence electrons. The minimum Gasteiger partial charge on any atom is -0.288 e. The van der Waals surface area contributed by atoms with Crippen LogP contribution >= 0.6 is 0 Å². The molecule has 27 heavy (non-hydrogen) atoms. The first kappa shape index (κ1) is 18.1. The molecule has 0 aliphatic carbocycles. The quantitative estimate of drug-likeness (QED) is 0.650. The molecule has 0 saturated carbocycles. The van der Waals surface area contributed by atoms with Crippen LogP contribution in [0.25, 0.3) is 5.69 Å². The van der Waals surface area contributed by atoms with Gasteiger partial charge in [-0.2, -0.15) is 5.10 Å². The van der Waals surface area contributed by atoms with Crippen molar-refractivity contribution in [1.82, 2.24) is 34.6 Å². The summed E-state index contributed by atoms with van der Waals surface area (Å²) < 4.78 is 16.1. The van der Waals surface area contributed by atoms with Crippen LogP contribution in [-0.2, 0) is 13.6 Å². The summed E-state index contributed by atoms with van der Waals surface area (Å²) in [5, 5.41) is 17.0. The molecule has 0 aliphatic rings. The van der Waals surface area contributed by atoms with Crippen molar-refractivity contribution < 1.29 is 9.18 Å². The molecule has 0 radical (unpaired) electrons. The molecule has 11 nitrogen and oxygen atoms in total. The first-order valence-corrected chi connectivity index (χ1v) is 7.96. The molecule has 0 fully saturated rings. The maximum Gasteiger partial charge on any atom is 0.351 e. The lowest BCUT2D eigenvalue weighted by molar-refractivity contribution is 0.101. The van der Waals surface area contributed by atoms with Gasteiger partial charge in [0.2, 0.25) is 11.6 Å². The highest BCUT2D eigenvalue weighted by Gasteiger charge is 2.21. The number of carbonyl (C=O) groups excluding carboxylic acids is 1. The third-order valence-electron chi connectivity index (χ3n) is 3.62. The van der Waals surface area contributed by atoms with E-state index in [1.165, 1.54) is 23.9 Å². The topological polar surface area (TPSA) is 130 Å². The van der Waals surface area contributed by atoms with Gasteiger partial charge in [0, 0.05) is 13.6 Å². The summed E-state index contributed by atoms with van der Waals surface area (Å²) in [6.45, 7) is 2.37. The largest absolute Gasteiger partial charge is 0.351 e. The molecule has 1 N–H and O–H groups in total. The monoisotopic (exact) mass is 374 g/mol. The number of amides is 1. The Hall–Kier alpha value is -3.70. The summed E-state index contributed by atoms with van der Waals surface area (Å²) in [7, 11) is 1.29. The van der Waals surface area contributed by atoms with Gasteiger partial charge in [-0.05, 0) is 41.1 Å². The number of rotatable bonds is 5. The lowest BCUT2D eigenvalue weighted by atomic mass is 10.3. The van der Waals surface area contributed by atoms with Crippen LogP contribution in [0.15, 0.2) is 33.9 Å². The highest BCUT2D eigenvalue weighted by Crippen LogP contribution is 2.06. The molecule has 0 saturated heterocycles.